The monoisotopic (exact) mass is 434 g/mol. The lowest BCUT2D eigenvalue weighted by atomic mass is 10.0. The molecule has 31 heavy (non-hydrogen) atoms. The molecule has 0 radical (unpaired) electrons. The number of hydrazine groups is 1. The Morgan fingerprint density at radius 3 is 2.65 bits per heavy atom. The highest BCUT2D eigenvalue weighted by Crippen LogP contribution is 2.24. The summed E-state index contributed by atoms with van der Waals surface area (Å²) in [5.41, 5.74) is 10.6. The molecule has 0 aliphatic carbocycles. The highest BCUT2D eigenvalue weighted by Gasteiger charge is 2.17. The van der Waals surface area contributed by atoms with Crippen LogP contribution in [0.4, 0.5) is 14.6 Å². The molecular weight excluding hydrogens is 402 g/mol. The third-order valence-electron chi connectivity index (χ3n) is 4.51. The molecule has 6 N–H and O–H groups in total. The number of nitrogens with two attached hydrogens (primary N) is 2. The van der Waals surface area contributed by atoms with Gasteiger partial charge in [0, 0.05) is 26.1 Å². The van der Waals surface area contributed by atoms with E-state index in [1.165, 1.54) is 19.9 Å². The van der Waals surface area contributed by atoms with Gasteiger partial charge in [-0.3, -0.25) is 9.79 Å². The molecule has 0 aromatic carbocycles. The van der Waals surface area contributed by atoms with Gasteiger partial charge in [-0.1, -0.05) is 18.2 Å². The van der Waals surface area contributed by atoms with Crippen molar-refractivity contribution >= 4 is 23.1 Å². The lowest BCUT2D eigenvalue weighted by molar-refractivity contribution is -0.118. The maximum absolute atomic E-state index is 14.3. The lowest BCUT2D eigenvalue weighted by Crippen LogP contribution is -2.33. The number of nitrogens with zero attached hydrogens (tertiary/aromatic N) is 2. The Kier molecular flexibility index (Phi) is 11.1. The van der Waals surface area contributed by atoms with E-state index < -0.39 is 17.7 Å². The summed E-state index contributed by atoms with van der Waals surface area (Å²) >= 11 is 0. The predicted octanol–water partition coefficient (Wildman–Crippen LogP) is 3.70. The number of aromatic nitrogens is 1. The molecule has 1 aromatic rings. The van der Waals surface area contributed by atoms with Crippen LogP contribution in [0, 0.1) is 0 Å². The fraction of sp³-hybridized carbons (Fsp3) is 0.409. The fourth-order valence-electron chi connectivity index (χ4n) is 2.82. The molecular formula is C22H32F2N6O. The summed E-state index contributed by atoms with van der Waals surface area (Å²) in [5, 5.41) is 2.76. The van der Waals surface area contributed by atoms with Gasteiger partial charge in [-0.2, -0.15) is 0 Å². The van der Waals surface area contributed by atoms with Crippen LogP contribution in [0.1, 0.15) is 58.1 Å². The first-order chi connectivity index (χ1) is 14.7. The van der Waals surface area contributed by atoms with Gasteiger partial charge in [0.25, 0.3) is 0 Å². The Morgan fingerprint density at radius 1 is 1.35 bits per heavy atom. The second-order valence-electron chi connectivity index (χ2n) is 6.88. The van der Waals surface area contributed by atoms with Crippen LogP contribution in [-0.4, -0.2) is 29.3 Å². The average molecular weight is 435 g/mol. The van der Waals surface area contributed by atoms with Gasteiger partial charge in [0.05, 0.1) is 5.56 Å². The van der Waals surface area contributed by atoms with Crippen LogP contribution >= 0.6 is 0 Å². The normalized spacial score (nSPS) is 14.4. The summed E-state index contributed by atoms with van der Waals surface area (Å²) < 4.78 is 28.3. The Hall–Kier alpha value is -3.07. The molecule has 1 unspecified atom stereocenters. The Bertz CT molecular complexity index is 877. The van der Waals surface area contributed by atoms with Crippen molar-refractivity contribution < 1.29 is 13.6 Å². The zero-order chi connectivity index (χ0) is 23.4. The number of allylic oxidation sites excluding steroid dienone is 5. The van der Waals surface area contributed by atoms with Crippen molar-refractivity contribution in [2.24, 2.45) is 10.8 Å². The van der Waals surface area contributed by atoms with Gasteiger partial charge >= 0.3 is 0 Å². The van der Waals surface area contributed by atoms with Gasteiger partial charge in [-0.25, -0.2) is 19.6 Å². The zero-order valence-electron chi connectivity index (χ0n) is 18.5. The minimum Gasteiger partial charge on any atom is -0.383 e. The molecule has 1 heterocycles. The van der Waals surface area contributed by atoms with Crippen LogP contribution in [0.3, 0.4) is 0 Å². The number of amidine groups is 1. The number of pyridine rings is 1. The third-order valence-corrected chi connectivity index (χ3v) is 4.51. The Labute approximate surface area is 182 Å². The van der Waals surface area contributed by atoms with Gasteiger partial charge in [-0.05, 0) is 50.8 Å². The number of hydrogen-bond acceptors (Lipinski definition) is 5. The molecule has 0 spiro atoms. The van der Waals surface area contributed by atoms with E-state index in [0.29, 0.717) is 18.5 Å². The molecule has 1 atom stereocenters. The van der Waals surface area contributed by atoms with Crippen molar-refractivity contribution in [3.63, 3.8) is 0 Å². The molecule has 0 aliphatic heterocycles. The molecule has 9 heteroatoms. The SMILES string of the molecule is C/C=C\C/C(F)=C(/F)C(C)N=C(NN)c1cc(/C(=C/C)CCCNC(C)=O)cnc1N. The van der Waals surface area contributed by atoms with Crippen LogP contribution in [0.2, 0.25) is 0 Å². The van der Waals surface area contributed by atoms with E-state index in [1.54, 1.807) is 25.3 Å². The van der Waals surface area contributed by atoms with Crippen LogP contribution in [0.15, 0.2) is 47.1 Å². The van der Waals surface area contributed by atoms with Crippen LogP contribution < -0.4 is 22.3 Å². The molecule has 1 rings (SSSR count). The van der Waals surface area contributed by atoms with Crippen LogP contribution in [-0.2, 0) is 4.79 Å². The van der Waals surface area contributed by atoms with Crippen molar-refractivity contribution in [1.29, 1.82) is 0 Å². The van der Waals surface area contributed by atoms with Gasteiger partial charge in [0.15, 0.2) is 5.83 Å². The standard InChI is InChI=1S/C22H32F2N6O/c1-5-7-10-19(23)20(24)14(3)29-22(30-26)18-12-17(13-28-21(18)25)16(6-2)9-8-11-27-15(4)31/h5-7,12-14H,8-11,26H2,1-4H3,(H2,25,28)(H,27,31)(H,29,30)/b7-5-,16-6+,20-19-. The van der Waals surface area contributed by atoms with E-state index in [2.05, 4.69) is 20.7 Å². The minimum atomic E-state index is -1.10. The molecule has 170 valence electrons. The smallest absolute Gasteiger partial charge is 0.216 e. The van der Waals surface area contributed by atoms with E-state index >= 15 is 0 Å². The van der Waals surface area contributed by atoms with Crippen molar-refractivity contribution in [3.8, 4) is 0 Å². The van der Waals surface area contributed by atoms with E-state index in [9.17, 15) is 13.6 Å². The number of anilines is 1. The average Bonchev–Trinajstić information content (AvgIpc) is 2.75. The molecule has 7 nitrogen and oxygen atoms in total. The molecule has 0 aliphatic rings. The summed E-state index contributed by atoms with van der Waals surface area (Å²) in [7, 11) is 0. The fourth-order valence-corrected chi connectivity index (χ4v) is 2.82. The summed E-state index contributed by atoms with van der Waals surface area (Å²) in [6.07, 6.45) is 8.03. The minimum absolute atomic E-state index is 0.0779. The summed E-state index contributed by atoms with van der Waals surface area (Å²) in [4.78, 5) is 19.4. The van der Waals surface area contributed by atoms with Gasteiger partial charge in [0.2, 0.25) is 5.91 Å². The quantitative estimate of drug-likeness (QED) is 0.112. The largest absolute Gasteiger partial charge is 0.383 e. The summed E-state index contributed by atoms with van der Waals surface area (Å²) in [6.45, 7) is 7.08. The van der Waals surface area contributed by atoms with E-state index in [0.717, 1.165) is 17.6 Å². The number of nitrogen functional groups attached to an aromatic ring is 1. The van der Waals surface area contributed by atoms with Crippen molar-refractivity contribution in [2.75, 3.05) is 12.3 Å². The molecule has 1 amide bonds. The van der Waals surface area contributed by atoms with Gasteiger partial charge < -0.3 is 16.5 Å². The maximum Gasteiger partial charge on any atom is 0.216 e. The first-order valence-corrected chi connectivity index (χ1v) is 10.1. The van der Waals surface area contributed by atoms with Gasteiger partial charge in [-0.15, -0.1) is 0 Å². The first kappa shape index (κ1) is 26.0. The zero-order valence-corrected chi connectivity index (χ0v) is 18.5. The predicted molar refractivity (Wildman–Crippen MR) is 122 cm³/mol. The number of carbonyl (C=O) groups is 1. The second-order valence-corrected chi connectivity index (χ2v) is 6.88. The Morgan fingerprint density at radius 2 is 2.06 bits per heavy atom. The number of rotatable bonds is 10. The number of halogens is 2. The molecule has 0 bridgehead atoms. The van der Waals surface area contributed by atoms with Gasteiger partial charge in [0.1, 0.15) is 23.5 Å². The Balaban J connectivity index is 3.16. The topological polar surface area (TPSA) is 118 Å². The third kappa shape index (κ3) is 8.29. The second kappa shape index (κ2) is 13.3. The molecule has 0 saturated heterocycles. The summed E-state index contributed by atoms with van der Waals surface area (Å²) in [6, 6.07) is 0.650. The number of hydrogen-bond donors (Lipinski definition) is 4. The lowest BCUT2D eigenvalue weighted by Gasteiger charge is -2.14. The van der Waals surface area contributed by atoms with E-state index in [4.69, 9.17) is 11.6 Å². The van der Waals surface area contributed by atoms with E-state index in [1.807, 2.05) is 13.0 Å². The van der Waals surface area contributed by atoms with Crippen LogP contribution in [0.5, 0.6) is 0 Å². The number of aliphatic imine (C=N–C) groups is 1. The number of amides is 1. The molecule has 0 saturated carbocycles. The van der Waals surface area contributed by atoms with Crippen molar-refractivity contribution in [3.05, 3.63) is 53.3 Å². The number of carbonyl (C=O) groups excluding carboxylic acids is 1. The first-order valence-electron chi connectivity index (χ1n) is 10.1. The van der Waals surface area contributed by atoms with Crippen molar-refractivity contribution in [1.82, 2.24) is 15.7 Å². The van der Waals surface area contributed by atoms with Crippen LogP contribution in [0.25, 0.3) is 5.57 Å². The van der Waals surface area contributed by atoms with Crippen molar-refractivity contribution in [2.45, 2.75) is 53.0 Å². The van der Waals surface area contributed by atoms with E-state index in [-0.39, 0.29) is 24.0 Å². The highest BCUT2D eigenvalue weighted by atomic mass is 19.2. The molecule has 0 fully saturated rings. The number of nitrogens with one attached hydrogen (secondary N) is 2. The molecule has 1 aromatic heterocycles. The highest BCUT2D eigenvalue weighted by molar-refractivity contribution is 6.02. The maximum atomic E-state index is 14.3. The summed E-state index contributed by atoms with van der Waals surface area (Å²) in [5.74, 6) is 3.92.